The molecule has 0 heterocycles. The Morgan fingerprint density at radius 2 is 1.39 bits per heavy atom. The molecule has 9 heteroatoms. The summed E-state index contributed by atoms with van der Waals surface area (Å²) in [5.74, 6) is -0.126. The first kappa shape index (κ1) is 34.5. The standard InChI is InChI=1S/C40H37N3O5S/c1-26-20-27(2)22-32(21-26)42-40(46)37(28-12-7-5-8-13-28)49-34-17-11-16-31(25-34)41-39(45)35(43-38(44)29-14-9-6-10-15-29)24-30-23-33(47-3)18-19-36(30)48-4/h5-25,37H,1-4H3,(H,41,45)(H,42,46)(H,43,44)/b35-24+. The predicted octanol–water partition coefficient (Wildman–Crippen LogP) is 8.20. The minimum atomic E-state index is -0.575. The lowest BCUT2D eigenvalue weighted by Crippen LogP contribution is -2.30. The summed E-state index contributed by atoms with van der Waals surface area (Å²) in [5, 5.41) is 8.18. The van der Waals surface area contributed by atoms with Gasteiger partial charge in [-0.1, -0.05) is 60.7 Å². The highest BCUT2D eigenvalue weighted by Gasteiger charge is 2.23. The fraction of sp³-hybridized carbons (Fsp3) is 0.125. The number of anilines is 2. The zero-order valence-electron chi connectivity index (χ0n) is 27.7. The lowest BCUT2D eigenvalue weighted by atomic mass is 10.1. The number of methoxy groups -OCH3 is 2. The third kappa shape index (κ3) is 9.39. The van der Waals surface area contributed by atoms with Crippen molar-refractivity contribution in [1.29, 1.82) is 0 Å². The number of ether oxygens (including phenoxy) is 2. The molecule has 0 aliphatic rings. The number of rotatable bonds is 12. The maximum atomic E-state index is 13.8. The molecule has 248 valence electrons. The monoisotopic (exact) mass is 671 g/mol. The number of benzene rings is 5. The largest absolute Gasteiger partial charge is 0.497 e. The Labute approximate surface area is 290 Å². The number of amides is 3. The molecule has 1 atom stereocenters. The first-order valence-electron chi connectivity index (χ1n) is 15.5. The molecule has 5 aromatic carbocycles. The van der Waals surface area contributed by atoms with Gasteiger partial charge in [-0.3, -0.25) is 14.4 Å². The molecule has 1 unspecified atom stereocenters. The summed E-state index contributed by atoms with van der Waals surface area (Å²) in [6.45, 7) is 3.99. The number of carbonyl (C=O) groups excluding carboxylic acids is 3. The number of aryl methyl sites for hydroxylation is 2. The van der Waals surface area contributed by atoms with E-state index in [-0.39, 0.29) is 11.6 Å². The van der Waals surface area contributed by atoms with Crippen LogP contribution < -0.4 is 25.4 Å². The molecule has 0 radical (unpaired) electrons. The molecule has 5 rings (SSSR count). The molecule has 49 heavy (non-hydrogen) atoms. The Bertz CT molecular complexity index is 1960. The average Bonchev–Trinajstić information content (AvgIpc) is 3.10. The molecule has 0 aromatic heterocycles. The predicted molar refractivity (Wildman–Crippen MR) is 196 cm³/mol. The first-order chi connectivity index (χ1) is 23.7. The Balaban J connectivity index is 1.42. The lowest BCUT2D eigenvalue weighted by Gasteiger charge is -2.18. The van der Waals surface area contributed by atoms with Crippen molar-refractivity contribution in [3.05, 3.63) is 155 Å². The molecule has 3 N–H and O–H groups in total. The second kappa shape index (κ2) is 16.3. The van der Waals surface area contributed by atoms with Crippen molar-refractivity contribution in [2.24, 2.45) is 0 Å². The van der Waals surface area contributed by atoms with Crippen LogP contribution in [0, 0.1) is 13.8 Å². The maximum absolute atomic E-state index is 13.8. The van der Waals surface area contributed by atoms with Gasteiger partial charge in [0.25, 0.3) is 11.8 Å². The minimum Gasteiger partial charge on any atom is -0.497 e. The summed E-state index contributed by atoms with van der Waals surface area (Å²) >= 11 is 1.37. The fourth-order valence-corrected chi connectivity index (χ4v) is 6.27. The van der Waals surface area contributed by atoms with Crippen LogP contribution in [0.2, 0.25) is 0 Å². The summed E-state index contributed by atoms with van der Waals surface area (Å²) < 4.78 is 10.9. The Hall–Kier alpha value is -5.80. The van der Waals surface area contributed by atoms with Crippen molar-refractivity contribution >= 4 is 46.9 Å². The summed E-state index contributed by atoms with van der Waals surface area (Å²) in [4.78, 5) is 41.5. The van der Waals surface area contributed by atoms with E-state index in [1.165, 1.54) is 18.9 Å². The molecule has 8 nitrogen and oxygen atoms in total. The van der Waals surface area contributed by atoms with Crippen LogP contribution in [0.4, 0.5) is 11.4 Å². The Kier molecular flexibility index (Phi) is 11.5. The van der Waals surface area contributed by atoms with Gasteiger partial charge in [0.1, 0.15) is 22.4 Å². The highest BCUT2D eigenvalue weighted by atomic mass is 32.2. The van der Waals surface area contributed by atoms with Gasteiger partial charge in [-0.2, -0.15) is 0 Å². The van der Waals surface area contributed by atoms with Gasteiger partial charge >= 0.3 is 0 Å². The summed E-state index contributed by atoms with van der Waals surface area (Å²) in [7, 11) is 3.07. The van der Waals surface area contributed by atoms with Gasteiger partial charge in [-0.25, -0.2) is 0 Å². The molecular formula is C40H37N3O5S. The third-order valence-electron chi connectivity index (χ3n) is 7.44. The van der Waals surface area contributed by atoms with Crippen molar-refractivity contribution < 1.29 is 23.9 Å². The van der Waals surface area contributed by atoms with E-state index < -0.39 is 17.1 Å². The highest BCUT2D eigenvalue weighted by molar-refractivity contribution is 8.00. The molecule has 0 spiro atoms. The molecular weight excluding hydrogens is 635 g/mol. The van der Waals surface area contributed by atoms with Crippen LogP contribution in [0.3, 0.4) is 0 Å². The topological polar surface area (TPSA) is 106 Å². The highest BCUT2D eigenvalue weighted by Crippen LogP contribution is 2.37. The second-order valence-corrected chi connectivity index (χ2v) is 12.4. The molecule has 5 aromatic rings. The van der Waals surface area contributed by atoms with Crippen molar-refractivity contribution in [3.8, 4) is 11.5 Å². The van der Waals surface area contributed by atoms with E-state index in [1.807, 2.05) is 68.4 Å². The second-order valence-electron chi connectivity index (χ2n) is 11.2. The Morgan fingerprint density at radius 1 is 0.694 bits per heavy atom. The van der Waals surface area contributed by atoms with Crippen LogP contribution in [0.25, 0.3) is 6.08 Å². The summed E-state index contributed by atoms with van der Waals surface area (Å²) in [6.07, 6.45) is 1.54. The molecule has 0 aliphatic heterocycles. The zero-order chi connectivity index (χ0) is 34.8. The smallest absolute Gasteiger partial charge is 0.272 e. The van der Waals surface area contributed by atoms with Gasteiger partial charge in [0.05, 0.1) is 14.2 Å². The molecule has 0 saturated heterocycles. The minimum absolute atomic E-state index is 0.00606. The number of hydrogen-bond acceptors (Lipinski definition) is 6. The van der Waals surface area contributed by atoms with E-state index in [2.05, 4.69) is 22.0 Å². The van der Waals surface area contributed by atoms with E-state index in [4.69, 9.17) is 9.47 Å². The van der Waals surface area contributed by atoms with E-state index in [0.29, 0.717) is 28.3 Å². The maximum Gasteiger partial charge on any atom is 0.272 e. The zero-order valence-corrected chi connectivity index (χ0v) is 28.5. The summed E-state index contributed by atoms with van der Waals surface area (Å²) in [6, 6.07) is 36.5. The SMILES string of the molecule is COc1ccc(OC)c(/C=C(/NC(=O)c2ccccc2)C(=O)Nc2cccc(SC(C(=O)Nc3cc(C)cc(C)c3)c3ccccc3)c2)c1. The van der Waals surface area contributed by atoms with Crippen molar-refractivity contribution in [2.45, 2.75) is 24.0 Å². The van der Waals surface area contributed by atoms with E-state index >= 15 is 0 Å². The Morgan fingerprint density at radius 3 is 2.06 bits per heavy atom. The van der Waals surface area contributed by atoms with Gasteiger partial charge in [0, 0.05) is 27.4 Å². The quantitative estimate of drug-likeness (QED) is 0.0913. The van der Waals surface area contributed by atoms with Crippen molar-refractivity contribution in [3.63, 3.8) is 0 Å². The van der Waals surface area contributed by atoms with Crippen LogP contribution >= 0.6 is 11.8 Å². The van der Waals surface area contributed by atoms with Gasteiger partial charge in [-0.05, 0) is 97.3 Å². The molecule has 0 bridgehead atoms. The van der Waals surface area contributed by atoms with Crippen LogP contribution in [-0.2, 0) is 9.59 Å². The van der Waals surface area contributed by atoms with E-state index in [0.717, 1.165) is 27.3 Å². The molecule has 0 fully saturated rings. The van der Waals surface area contributed by atoms with Crippen molar-refractivity contribution in [2.75, 3.05) is 24.9 Å². The molecule has 0 aliphatic carbocycles. The van der Waals surface area contributed by atoms with Crippen LogP contribution in [0.1, 0.15) is 37.9 Å². The summed E-state index contributed by atoms with van der Waals surface area (Å²) in [5.41, 5.74) is 5.08. The average molecular weight is 672 g/mol. The fourth-order valence-electron chi connectivity index (χ4n) is 5.19. The van der Waals surface area contributed by atoms with Crippen molar-refractivity contribution in [1.82, 2.24) is 5.32 Å². The third-order valence-corrected chi connectivity index (χ3v) is 8.69. The van der Waals surface area contributed by atoms with E-state index in [9.17, 15) is 14.4 Å². The molecule has 0 saturated carbocycles. The van der Waals surface area contributed by atoms with Crippen LogP contribution in [-0.4, -0.2) is 31.9 Å². The van der Waals surface area contributed by atoms with E-state index in [1.54, 1.807) is 73.8 Å². The van der Waals surface area contributed by atoms with Gasteiger partial charge < -0.3 is 25.4 Å². The molecule has 3 amide bonds. The number of carbonyl (C=O) groups is 3. The first-order valence-corrected chi connectivity index (χ1v) is 16.4. The normalized spacial score (nSPS) is 11.6. The number of nitrogens with one attached hydrogen (secondary N) is 3. The van der Waals surface area contributed by atoms with Crippen LogP contribution in [0.15, 0.2) is 132 Å². The van der Waals surface area contributed by atoms with Gasteiger partial charge in [0.2, 0.25) is 5.91 Å². The lowest BCUT2D eigenvalue weighted by molar-refractivity contribution is -0.116. The van der Waals surface area contributed by atoms with Gasteiger partial charge in [0.15, 0.2) is 0 Å². The van der Waals surface area contributed by atoms with Gasteiger partial charge in [-0.15, -0.1) is 11.8 Å². The van der Waals surface area contributed by atoms with Crippen LogP contribution in [0.5, 0.6) is 11.5 Å². The number of hydrogen-bond donors (Lipinski definition) is 3. The number of thioether (sulfide) groups is 1.